The summed E-state index contributed by atoms with van der Waals surface area (Å²) in [5, 5.41) is 11.9. The first kappa shape index (κ1) is 24.2. The van der Waals surface area contributed by atoms with Crippen LogP contribution in [0.2, 0.25) is 5.02 Å². The average molecular weight is 551 g/mol. The molecule has 0 spiro atoms. The fraction of sp³-hybridized carbons (Fsp3) is 0.0769. The highest BCUT2D eigenvalue weighted by atomic mass is 79.9. The van der Waals surface area contributed by atoms with E-state index in [1.165, 1.54) is 12.1 Å². The molecule has 0 aliphatic carbocycles. The van der Waals surface area contributed by atoms with E-state index in [1.54, 1.807) is 61.5 Å². The maximum atomic E-state index is 13.3. The Morgan fingerprint density at radius 3 is 2.63 bits per heavy atom. The number of aryl methyl sites for hydroxylation is 1. The number of rotatable bonds is 5. The van der Waals surface area contributed by atoms with Crippen molar-refractivity contribution in [2.45, 2.75) is 13.5 Å². The predicted molar refractivity (Wildman–Crippen MR) is 135 cm³/mol. The van der Waals surface area contributed by atoms with E-state index in [-0.39, 0.29) is 17.9 Å². The number of benzene rings is 3. The number of nitrogens with zero attached hydrogens (tertiary/aromatic N) is 2. The van der Waals surface area contributed by atoms with Crippen molar-refractivity contribution in [1.82, 2.24) is 5.32 Å². The van der Waals surface area contributed by atoms with Crippen LogP contribution in [0, 0.1) is 18.3 Å². The largest absolute Gasteiger partial charge is 0.488 e. The Morgan fingerprint density at radius 1 is 1.11 bits per heavy atom. The first-order valence-electron chi connectivity index (χ1n) is 10.4. The van der Waals surface area contributed by atoms with Gasteiger partial charge in [0.15, 0.2) is 0 Å². The number of hydrogen-bond acceptors (Lipinski definition) is 5. The maximum Gasteiger partial charge on any atom is 0.335 e. The lowest BCUT2D eigenvalue weighted by molar-refractivity contribution is -0.122. The second-order valence-electron chi connectivity index (χ2n) is 7.63. The van der Waals surface area contributed by atoms with Gasteiger partial charge in [-0.05, 0) is 55.0 Å². The van der Waals surface area contributed by atoms with Gasteiger partial charge in [0, 0.05) is 20.6 Å². The van der Waals surface area contributed by atoms with E-state index >= 15 is 0 Å². The third kappa shape index (κ3) is 5.11. The lowest BCUT2D eigenvalue weighted by Gasteiger charge is -2.26. The number of barbiturate groups is 1. The van der Waals surface area contributed by atoms with Gasteiger partial charge in [-0.25, -0.2) is 9.69 Å². The molecule has 1 aliphatic heterocycles. The molecule has 1 N–H and O–H groups in total. The van der Waals surface area contributed by atoms with Gasteiger partial charge in [-0.15, -0.1) is 0 Å². The van der Waals surface area contributed by atoms with Crippen LogP contribution in [0.5, 0.6) is 5.75 Å². The molecule has 3 aromatic rings. The van der Waals surface area contributed by atoms with Crippen molar-refractivity contribution >= 4 is 57.1 Å². The van der Waals surface area contributed by atoms with E-state index in [0.29, 0.717) is 31.9 Å². The minimum Gasteiger partial charge on any atom is -0.488 e. The summed E-state index contributed by atoms with van der Waals surface area (Å²) >= 11 is 9.57. The summed E-state index contributed by atoms with van der Waals surface area (Å²) in [6.45, 7) is 1.90. The van der Waals surface area contributed by atoms with Crippen molar-refractivity contribution in [1.29, 1.82) is 5.26 Å². The highest BCUT2D eigenvalue weighted by molar-refractivity contribution is 9.10. The van der Waals surface area contributed by atoms with E-state index in [1.807, 2.05) is 0 Å². The fourth-order valence-electron chi connectivity index (χ4n) is 3.44. The van der Waals surface area contributed by atoms with Gasteiger partial charge in [0.1, 0.15) is 17.9 Å². The first-order valence-corrected chi connectivity index (χ1v) is 11.5. The predicted octanol–water partition coefficient (Wildman–Crippen LogP) is 5.53. The monoisotopic (exact) mass is 549 g/mol. The zero-order valence-corrected chi connectivity index (χ0v) is 20.7. The Labute approximate surface area is 214 Å². The van der Waals surface area contributed by atoms with E-state index in [9.17, 15) is 19.6 Å². The normalized spacial score (nSPS) is 14.6. The third-order valence-electron chi connectivity index (χ3n) is 5.31. The number of carbonyl (C=O) groups is 3. The van der Waals surface area contributed by atoms with Crippen molar-refractivity contribution in [3.8, 4) is 11.8 Å². The Hall–Kier alpha value is -3.93. The number of nitrogens with one attached hydrogen (secondary N) is 1. The molecule has 1 heterocycles. The smallest absolute Gasteiger partial charge is 0.335 e. The van der Waals surface area contributed by atoms with Crippen LogP contribution in [0.3, 0.4) is 0 Å². The zero-order chi connectivity index (χ0) is 25.1. The van der Waals surface area contributed by atoms with Crippen LogP contribution < -0.4 is 15.0 Å². The second kappa shape index (κ2) is 10.1. The van der Waals surface area contributed by atoms with E-state index in [0.717, 1.165) is 10.5 Å². The molecule has 0 radical (unpaired) electrons. The van der Waals surface area contributed by atoms with Crippen molar-refractivity contribution in [3.63, 3.8) is 0 Å². The number of nitriles is 1. The van der Waals surface area contributed by atoms with Crippen LogP contribution in [0.25, 0.3) is 6.08 Å². The van der Waals surface area contributed by atoms with Crippen molar-refractivity contribution in [2.24, 2.45) is 0 Å². The minimum atomic E-state index is -0.865. The number of urea groups is 1. The highest BCUT2D eigenvalue weighted by Crippen LogP contribution is 2.30. The Morgan fingerprint density at radius 2 is 1.89 bits per heavy atom. The summed E-state index contributed by atoms with van der Waals surface area (Å²) in [6.07, 6.45) is 1.36. The molecule has 0 atom stereocenters. The standard InChI is InChI=1S/C26H17BrClN3O4/c1-15-6-8-20(12-22(15)28)31-25(33)21(24(32)30-26(31)34)11-18-10-19(27)7-9-23(18)35-14-17-5-3-2-4-16(17)13-29/h2-12H,14H2,1H3,(H,30,32,34)/b21-11-. The molecule has 0 unspecified atom stereocenters. The van der Waals surface area contributed by atoms with E-state index < -0.39 is 17.8 Å². The van der Waals surface area contributed by atoms with Gasteiger partial charge in [-0.2, -0.15) is 5.26 Å². The fourth-order valence-corrected chi connectivity index (χ4v) is 4.00. The summed E-state index contributed by atoms with van der Waals surface area (Å²) < 4.78 is 6.63. The zero-order valence-electron chi connectivity index (χ0n) is 18.3. The Bertz CT molecular complexity index is 1440. The Kier molecular flexibility index (Phi) is 7.01. The second-order valence-corrected chi connectivity index (χ2v) is 8.95. The summed E-state index contributed by atoms with van der Waals surface area (Å²) in [7, 11) is 0. The topological polar surface area (TPSA) is 99.5 Å². The molecule has 35 heavy (non-hydrogen) atoms. The maximum absolute atomic E-state index is 13.3. The number of anilines is 1. The number of amides is 4. The van der Waals surface area contributed by atoms with Crippen molar-refractivity contribution < 1.29 is 19.1 Å². The number of imide groups is 2. The molecule has 1 saturated heterocycles. The molecule has 4 amide bonds. The number of carbonyl (C=O) groups excluding carboxylic acids is 3. The summed E-state index contributed by atoms with van der Waals surface area (Å²) in [6, 6.07) is 18.2. The molecule has 4 rings (SSSR count). The molecular formula is C26H17BrClN3O4. The molecule has 3 aromatic carbocycles. The van der Waals surface area contributed by atoms with Gasteiger partial charge in [-0.1, -0.05) is 51.8 Å². The van der Waals surface area contributed by atoms with Crippen LogP contribution in [-0.2, 0) is 16.2 Å². The number of ether oxygens (including phenoxy) is 1. The summed E-state index contributed by atoms with van der Waals surface area (Å²) in [4.78, 5) is 39.2. The lowest BCUT2D eigenvalue weighted by atomic mass is 10.1. The summed E-state index contributed by atoms with van der Waals surface area (Å²) in [5.41, 5.74) is 2.37. The van der Waals surface area contributed by atoms with Gasteiger partial charge < -0.3 is 4.74 Å². The van der Waals surface area contributed by atoms with Crippen LogP contribution in [0.15, 0.2) is 70.7 Å². The van der Waals surface area contributed by atoms with E-state index in [4.69, 9.17) is 16.3 Å². The van der Waals surface area contributed by atoms with Gasteiger partial charge in [0.05, 0.1) is 17.3 Å². The number of hydrogen-bond donors (Lipinski definition) is 1. The quantitative estimate of drug-likeness (QED) is 0.333. The lowest BCUT2D eigenvalue weighted by Crippen LogP contribution is -2.54. The molecule has 0 aromatic heterocycles. The highest BCUT2D eigenvalue weighted by Gasteiger charge is 2.37. The minimum absolute atomic E-state index is 0.105. The van der Waals surface area contributed by atoms with E-state index in [2.05, 4.69) is 27.3 Å². The molecular weight excluding hydrogens is 534 g/mol. The molecule has 0 saturated carbocycles. The van der Waals surface area contributed by atoms with Gasteiger partial charge >= 0.3 is 6.03 Å². The molecule has 0 bridgehead atoms. The average Bonchev–Trinajstić information content (AvgIpc) is 2.83. The third-order valence-corrected chi connectivity index (χ3v) is 6.21. The van der Waals surface area contributed by atoms with Gasteiger partial charge in [0.25, 0.3) is 11.8 Å². The number of halogens is 2. The molecule has 1 aliphatic rings. The first-order chi connectivity index (χ1) is 16.8. The molecule has 9 heteroatoms. The molecule has 1 fully saturated rings. The van der Waals surface area contributed by atoms with Crippen molar-refractivity contribution in [3.05, 3.63) is 98.0 Å². The Balaban J connectivity index is 1.69. The van der Waals surface area contributed by atoms with Crippen LogP contribution in [0.4, 0.5) is 10.5 Å². The summed E-state index contributed by atoms with van der Waals surface area (Å²) in [5.74, 6) is -1.23. The molecule has 174 valence electrons. The van der Waals surface area contributed by atoms with Crippen LogP contribution in [0.1, 0.15) is 22.3 Å². The van der Waals surface area contributed by atoms with Crippen molar-refractivity contribution in [2.75, 3.05) is 4.90 Å². The van der Waals surface area contributed by atoms with Gasteiger partial charge in [-0.3, -0.25) is 14.9 Å². The van der Waals surface area contributed by atoms with Gasteiger partial charge in [0.2, 0.25) is 0 Å². The molecule has 7 nitrogen and oxygen atoms in total. The SMILES string of the molecule is Cc1ccc(N2C(=O)NC(=O)/C(=C/c3cc(Br)ccc3OCc3ccccc3C#N)C2=O)cc1Cl. The van der Waals surface area contributed by atoms with Crippen LogP contribution in [-0.4, -0.2) is 17.8 Å². The van der Waals surface area contributed by atoms with Crippen LogP contribution >= 0.6 is 27.5 Å².